The highest BCUT2D eigenvalue weighted by molar-refractivity contribution is 9.10. The van der Waals surface area contributed by atoms with Crippen molar-refractivity contribution in [3.05, 3.63) is 27.7 Å². The first-order valence-corrected chi connectivity index (χ1v) is 7.76. The molecule has 0 saturated carbocycles. The third-order valence-electron chi connectivity index (χ3n) is 3.60. The van der Waals surface area contributed by atoms with Gasteiger partial charge in [-0.2, -0.15) is 0 Å². The van der Waals surface area contributed by atoms with Gasteiger partial charge in [-0.3, -0.25) is 4.79 Å². The Morgan fingerprint density at radius 1 is 1.58 bits per heavy atom. The van der Waals surface area contributed by atoms with E-state index in [1.807, 2.05) is 6.07 Å². The molecular weight excluding hydrogens is 328 g/mol. The molecule has 0 aliphatic carbocycles. The molecule has 2 rings (SSSR count). The van der Waals surface area contributed by atoms with Crippen molar-refractivity contribution in [2.24, 2.45) is 5.92 Å². The molecule has 0 spiro atoms. The van der Waals surface area contributed by atoms with Crippen LogP contribution in [0.4, 0.5) is 5.69 Å². The maximum absolute atomic E-state index is 12.2. The van der Waals surface area contributed by atoms with Gasteiger partial charge in [0.1, 0.15) is 0 Å². The van der Waals surface area contributed by atoms with Gasteiger partial charge in [0.15, 0.2) is 0 Å². The van der Waals surface area contributed by atoms with Crippen LogP contribution in [-0.4, -0.2) is 18.5 Å². The van der Waals surface area contributed by atoms with E-state index >= 15 is 0 Å². The van der Waals surface area contributed by atoms with Crippen molar-refractivity contribution in [1.82, 2.24) is 5.32 Å². The molecule has 3 nitrogen and oxygen atoms in total. The molecule has 2 atom stereocenters. The third kappa shape index (κ3) is 3.94. The fourth-order valence-electron chi connectivity index (χ4n) is 2.38. The van der Waals surface area contributed by atoms with Crippen molar-refractivity contribution < 1.29 is 4.79 Å². The van der Waals surface area contributed by atoms with Crippen LogP contribution in [0, 0.1) is 5.92 Å². The second-order valence-corrected chi connectivity index (χ2v) is 6.21. The molecule has 0 radical (unpaired) electrons. The first-order chi connectivity index (χ1) is 9.10. The number of carbonyl (C=O) groups excluding carboxylic acids is 1. The molecule has 1 aliphatic heterocycles. The van der Waals surface area contributed by atoms with Gasteiger partial charge in [-0.25, -0.2) is 0 Å². The van der Waals surface area contributed by atoms with Crippen LogP contribution < -0.4 is 10.6 Å². The first kappa shape index (κ1) is 14.8. The van der Waals surface area contributed by atoms with Crippen molar-refractivity contribution in [1.29, 1.82) is 0 Å². The molecule has 1 aromatic rings. The number of piperidine rings is 1. The molecule has 104 valence electrons. The van der Waals surface area contributed by atoms with E-state index in [-0.39, 0.29) is 11.9 Å². The fraction of sp³-hybridized carbons (Fsp3) is 0.500. The number of hydrogen-bond acceptors (Lipinski definition) is 2. The van der Waals surface area contributed by atoms with Gasteiger partial charge < -0.3 is 10.6 Å². The molecule has 0 aromatic heterocycles. The molecule has 1 heterocycles. The zero-order valence-corrected chi connectivity index (χ0v) is 13.2. The third-order valence-corrected chi connectivity index (χ3v) is 4.49. The van der Waals surface area contributed by atoms with Gasteiger partial charge in [0.25, 0.3) is 0 Å². The van der Waals surface area contributed by atoms with Gasteiger partial charge in [-0.05, 0) is 59.4 Å². The molecule has 1 aliphatic rings. The van der Waals surface area contributed by atoms with E-state index in [1.54, 1.807) is 12.1 Å². The summed E-state index contributed by atoms with van der Waals surface area (Å²) >= 11 is 9.29. The van der Waals surface area contributed by atoms with Crippen molar-refractivity contribution in [2.45, 2.75) is 32.2 Å². The van der Waals surface area contributed by atoms with Crippen molar-refractivity contribution in [2.75, 3.05) is 11.9 Å². The van der Waals surface area contributed by atoms with Crippen LogP contribution >= 0.6 is 27.5 Å². The molecule has 1 fully saturated rings. The summed E-state index contributed by atoms with van der Waals surface area (Å²) < 4.78 is 0.802. The highest BCUT2D eigenvalue weighted by atomic mass is 79.9. The summed E-state index contributed by atoms with van der Waals surface area (Å²) in [5.74, 6) is 0.673. The number of nitrogens with one attached hydrogen (secondary N) is 2. The Bertz CT molecular complexity index is 467. The highest BCUT2D eigenvalue weighted by Crippen LogP contribution is 2.27. The van der Waals surface area contributed by atoms with E-state index in [1.165, 1.54) is 0 Å². The molecule has 1 saturated heterocycles. The lowest BCUT2D eigenvalue weighted by Gasteiger charge is -2.28. The summed E-state index contributed by atoms with van der Waals surface area (Å²) in [6, 6.07) is 5.26. The average Bonchev–Trinajstić information content (AvgIpc) is 2.42. The number of carbonyl (C=O) groups is 1. The molecular formula is C14H18BrClN2O. The number of hydrogen-bond donors (Lipinski definition) is 2. The quantitative estimate of drug-likeness (QED) is 0.874. The summed E-state index contributed by atoms with van der Waals surface area (Å²) in [5.41, 5.74) is 0.759. The van der Waals surface area contributed by atoms with E-state index in [2.05, 4.69) is 33.5 Å². The van der Waals surface area contributed by atoms with E-state index in [0.29, 0.717) is 10.9 Å². The second kappa shape index (κ2) is 6.73. The molecule has 5 heteroatoms. The smallest absolute Gasteiger partial charge is 0.241 e. The number of anilines is 1. The maximum Gasteiger partial charge on any atom is 0.241 e. The molecule has 0 bridgehead atoms. The van der Waals surface area contributed by atoms with Crippen LogP contribution in [0.3, 0.4) is 0 Å². The normalized spacial score (nSPS) is 23.1. The van der Waals surface area contributed by atoms with Crippen LogP contribution in [-0.2, 0) is 4.79 Å². The average molecular weight is 346 g/mol. The lowest BCUT2D eigenvalue weighted by molar-refractivity contribution is -0.119. The number of benzene rings is 1. The zero-order valence-electron chi connectivity index (χ0n) is 10.9. The Balaban J connectivity index is 2.00. The highest BCUT2D eigenvalue weighted by Gasteiger charge is 2.26. The Morgan fingerprint density at radius 2 is 2.37 bits per heavy atom. The Labute approximate surface area is 127 Å². The lowest BCUT2D eigenvalue weighted by atomic mass is 9.90. The zero-order chi connectivity index (χ0) is 13.8. The van der Waals surface area contributed by atoms with Gasteiger partial charge in [-0.1, -0.05) is 24.9 Å². The Hall–Kier alpha value is -0.580. The minimum absolute atomic E-state index is 0.0289. The number of amides is 1. The van der Waals surface area contributed by atoms with Crippen LogP contribution in [0.2, 0.25) is 5.02 Å². The largest absolute Gasteiger partial charge is 0.324 e. The van der Waals surface area contributed by atoms with Gasteiger partial charge in [0.05, 0.1) is 11.7 Å². The van der Waals surface area contributed by atoms with Crippen molar-refractivity contribution in [3.8, 4) is 0 Å². The number of halogens is 2. The molecule has 1 aromatic carbocycles. The number of rotatable bonds is 3. The predicted octanol–water partition coefficient (Wildman–Crippen LogP) is 3.82. The first-order valence-electron chi connectivity index (χ1n) is 6.59. The molecule has 2 N–H and O–H groups in total. The monoisotopic (exact) mass is 344 g/mol. The van der Waals surface area contributed by atoms with E-state index in [9.17, 15) is 4.79 Å². The maximum atomic E-state index is 12.2. The summed E-state index contributed by atoms with van der Waals surface area (Å²) in [7, 11) is 0. The summed E-state index contributed by atoms with van der Waals surface area (Å²) in [4.78, 5) is 12.2. The van der Waals surface area contributed by atoms with Crippen LogP contribution in [0.1, 0.15) is 26.2 Å². The van der Waals surface area contributed by atoms with Crippen LogP contribution in [0.5, 0.6) is 0 Å². The van der Waals surface area contributed by atoms with E-state index < -0.39 is 0 Å². The van der Waals surface area contributed by atoms with Crippen molar-refractivity contribution in [3.63, 3.8) is 0 Å². The second-order valence-electron chi connectivity index (χ2n) is 4.92. The van der Waals surface area contributed by atoms with E-state index in [4.69, 9.17) is 11.6 Å². The van der Waals surface area contributed by atoms with E-state index in [0.717, 1.165) is 36.0 Å². The lowest BCUT2D eigenvalue weighted by Crippen LogP contribution is -2.46. The van der Waals surface area contributed by atoms with Crippen molar-refractivity contribution >= 4 is 39.1 Å². The standard InChI is InChI=1S/C14H18BrClN2O/c1-2-9-5-6-17-13(7-9)14(19)18-12-4-3-10(16)8-11(12)15/h3-4,8-9,13,17H,2,5-7H2,1H3,(H,18,19). The van der Waals surface area contributed by atoms with Gasteiger partial charge >= 0.3 is 0 Å². The minimum Gasteiger partial charge on any atom is -0.324 e. The fourth-order valence-corrected chi connectivity index (χ4v) is 3.16. The SMILES string of the molecule is CCC1CCNC(C(=O)Nc2ccc(Cl)cc2Br)C1. The molecule has 1 amide bonds. The predicted molar refractivity (Wildman–Crippen MR) is 82.6 cm³/mol. The topological polar surface area (TPSA) is 41.1 Å². The summed E-state index contributed by atoms with van der Waals surface area (Å²) in [5, 5.41) is 6.87. The molecule has 19 heavy (non-hydrogen) atoms. The summed E-state index contributed by atoms with van der Waals surface area (Å²) in [6.45, 7) is 3.10. The summed E-state index contributed by atoms with van der Waals surface area (Å²) in [6.07, 6.45) is 3.20. The van der Waals surface area contributed by atoms with Crippen LogP contribution in [0.25, 0.3) is 0 Å². The van der Waals surface area contributed by atoms with Gasteiger partial charge in [-0.15, -0.1) is 0 Å². The molecule has 2 unspecified atom stereocenters. The Morgan fingerprint density at radius 3 is 3.05 bits per heavy atom. The Kier molecular flexibility index (Phi) is 5.25. The van der Waals surface area contributed by atoms with Crippen LogP contribution in [0.15, 0.2) is 22.7 Å². The van der Waals surface area contributed by atoms with Gasteiger partial charge in [0.2, 0.25) is 5.91 Å². The van der Waals surface area contributed by atoms with Gasteiger partial charge in [0, 0.05) is 9.50 Å². The minimum atomic E-state index is -0.0960.